The van der Waals surface area contributed by atoms with Crippen molar-refractivity contribution in [1.29, 1.82) is 0 Å². The van der Waals surface area contributed by atoms with E-state index in [0.29, 0.717) is 30.4 Å². The number of amides is 1. The molecule has 1 amide bonds. The van der Waals surface area contributed by atoms with Crippen molar-refractivity contribution in [3.05, 3.63) is 40.8 Å². The summed E-state index contributed by atoms with van der Waals surface area (Å²) in [5.41, 5.74) is 2.39. The van der Waals surface area contributed by atoms with Crippen molar-refractivity contribution in [1.82, 2.24) is 20.2 Å². The van der Waals surface area contributed by atoms with Crippen LogP contribution in [0.15, 0.2) is 18.2 Å². The highest BCUT2D eigenvalue weighted by atomic mass is 16.7. The van der Waals surface area contributed by atoms with Gasteiger partial charge in [-0.3, -0.25) is 4.79 Å². The molecule has 4 rings (SSSR count). The molecule has 0 saturated heterocycles. The van der Waals surface area contributed by atoms with E-state index < -0.39 is 0 Å². The molecule has 2 aliphatic heterocycles. The van der Waals surface area contributed by atoms with Gasteiger partial charge in [0, 0.05) is 31.6 Å². The average molecular weight is 397 g/mol. The first kappa shape index (κ1) is 19.4. The Balaban J connectivity index is 1.59. The van der Waals surface area contributed by atoms with Crippen LogP contribution in [0.2, 0.25) is 0 Å². The molecule has 1 aromatic heterocycles. The number of carbonyl (C=O) groups excluding carboxylic acids is 1. The Hall–Kier alpha value is -2.87. The molecule has 0 saturated carbocycles. The van der Waals surface area contributed by atoms with E-state index in [1.807, 2.05) is 18.2 Å². The molecule has 1 aromatic carbocycles. The molecule has 1 atom stereocenters. The van der Waals surface area contributed by atoms with Crippen molar-refractivity contribution < 1.29 is 14.3 Å². The number of rotatable bonds is 7. The van der Waals surface area contributed by atoms with Crippen molar-refractivity contribution in [3.63, 3.8) is 0 Å². The number of benzene rings is 1. The second kappa shape index (κ2) is 8.24. The van der Waals surface area contributed by atoms with Crippen LogP contribution in [0, 0.1) is 5.92 Å². The Kier molecular flexibility index (Phi) is 5.53. The van der Waals surface area contributed by atoms with Crippen LogP contribution in [0.4, 0.5) is 5.82 Å². The van der Waals surface area contributed by atoms with E-state index in [-0.39, 0.29) is 12.7 Å². The lowest BCUT2D eigenvalue weighted by molar-refractivity contribution is 0.0940. The van der Waals surface area contributed by atoms with Crippen molar-refractivity contribution in [2.75, 3.05) is 45.8 Å². The molecule has 29 heavy (non-hydrogen) atoms. The number of nitrogens with zero attached hydrogens (tertiary/aromatic N) is 3. The van der Waals surface area contributed by atoms with Gasteiger partial charge in [-0.2, -0.15) is 0 Å². The van der Waals surface area contributed by atoms with E-state index in [9.17, 15) is 4.79 Å². The fourth-order valence-electron chi connectivity index (χ4n) is 3.76. The van der Waals surface area contributed by atoms with Gasteiger partial charge in [-0.25, -0.2) is 9.97 Å². The molecule has 0 bridgehead atoms. The maximum atomic E-state index is 12.4. The molecule has 0 fully saturated rings. The van der Waals surface area contributed by atoms with Gasteiger partial charge in [0.25, 0.3) is 5.91 Å². The average Bonchev–Trinajstić information content (AvgIpc) is 3.14. The van der Waals surface area contributed by atoms with Crippen molar-refractivity contribution in [3.8, 4) is 11.5 Å². The minimum atomic E-state index is -0.134. The van der Waals surface area contributed by atoms with Gasteiger partial charge >= 0.3 is 0 Å². The highest BCUT2D eigenvalue weighted by Gasteiger charge is 2.24. The van der Waals surface area contributed by atoms with E-state index in [0.717, 1.165) is 48.0 Å². The molecule has 0 aliphatic carbocycles. The molecule has 8 heteroatoms. The highest BCUT2D eigenvalue weighted by molar-refractivity contribution is 5.96. The largest absolute Gasteiger partial charge is 0.454 e. The topological polar surface area (TPSA) is 88.6 Å². The first-order valence-electron chi connectivity index (χ1n) is 9.94. The molecular formula is C21H27N5O3. The summed E-state index contributed by atoms with van der Waals surface area (Å²) in [6.45, 7) is 4.81. The Morgan fingerprint density at radius 3 is 2.90 bits per heavy atom. The second-order valence-corrected chi connectivity index (χ2v) is 7.93. The van der Waals surface area contributed by atoms with Crippen LogP contribution in [0.5, 0.6) is 11.5 Å². The Labute approximate surface area is 170 Å². The predicted molar refractivity (Wildman–Crippen MR) is 110 cm³/mol. The molecule has 154 valence electrons. The van der Waals surface area contributed by atoms with Gasteiger partial charge in [0.1, 0.15) is 17.3 Å². The van der Waals surface area contributed by atoms with E-state index in [1.54, 1.807) is 0 Å². The fraction of sp³-hybridized carbons (Fsp3) is 0.476. The zero-order chi connectivity index (χ0) is 20.4. The Morgan fingerprint density at radius 2 is 2.07 bits per heavy atom. The summed E-state index contributed by atoms with van der Waals surface area (Å²) >= 11 is 0. The SMILES string of the molecule is CC(CNc1nc(Cc2ccc3c(c2)OCO3)nc2c1CCNC2=O)CN(C)C. The number of fused-ring (bicyclic) bond motifs is 2. The monoisotopic (exact) mass is 397 g/mol. The molecule has 0 spiro atoms. The van der Waals surface area contributed by atoms with Crippen LogP contribution in [0.25, 0.3) is 0 Å². The summed E-state index contributed by atoms with van der Waals surface area (Å²) in [5, 5.41) is 6.35. The third kappa shape index (κ3) is 4.42. The quantitative estimate of drug-likeness (QED) is 0.735. The van der Waals surface area contributed by atoms with Crippen LogP contribution in [-0.2, 0) is 12.8 Å². The van der Waals surface area contributed by atoms with Crippen LogP contribution in [-0.4, -0.2) is 61.3 Å². The molecule has 1 unspecified atom stereocenters. The van der Waals surface area contributed by atoms with Crippen LogP contribution in [0.1, 0.15) is 34.4 Å². The zero-order valence-corrected chi connectivity index (χ0v) is 17.1. The minimum absolute atomic E-state index is 0.134. The molecule has 2 aliphatic rings. The maximum Gasteiger partial charge on any atom is 0.270 e. The second-order valence-electron chi connectivity index (χ2n) is 7.93. The Bertz CT molecular complexity index is 915. The summed E-state index contributed by atoms with van der Waals surface area (Å²) in [7, 11) is 4.13. The molecule has 2 aromatic rings. The number of nitrogens with one attached hydrogen (secondary N) is 2. The molecule has 8 nitrogen and oxygen atoms in total. The fourth-order valence-corrected chi connectivity index (χ4v) is 3.76. The third-order valence-electron chi connectivity index (χ3n) is 5.02. The minimum Gasteiger partial charge on any atom is -0.454 e. The lowest BCUT2D eigenvalue weighted by Crippen LogP contribution is -2.34. The third-order valence-corrected chi connectivity index (χ3v) is 5.02. The van der Waals surface area contributed by atoms with E-state index >= 15 is 0 Å². The van der Waals surface area contributed by atoms with Crippen LogP contribution in [0.3, 0.4) is 0 Å². The number of anilines is 1. The number of aromatic nitrogens is 2. The molecule has 0 radical (unpaired) electrons. The first-order chi connectivity index (χ1) is 14.0. The van der Waals surface area contributed by atoms with Gasteiger partial charge in [0.05, 0.1) is 0 Å². The van der Waals surface area contributed by atoms with Crippen molar-refractivity contribution >= 4 is 11.7 Å². The Morgan fingerprint density at radius 1 is 1.24 bits per heavy atom. The van der Waals surface area contributed by atoms with E-state index in [4.69, 9.17) is 14.5 Å². The van der Waals surface area contributed by atoms with Gasteiger partial charge in [-0.15, -0.1) is 0 Å². The summed E-state index contributed by atoms with van der Waals surface area (Å²) in [4.78, 5) is 23.9. The predicted octanol–water partition coefficient (Wildman–Crippen LogP) is 1.69. The van der Waals surface area contributed by atoms with Gasteiger partial charge in [-0.05, 0) is 44.1 Å². The van der Waals surface area contributed by atoms with Gasteiger partial charge in [0.2, 0.25) is 6.79 Å². The van der Waals surface area contributed by atoms with E-state index in [1.165, 1.54) is 0 Å². The summed E-state index contributed by atoms with van der Waals surface area (Å²) in [5.74, 6) is 3.18. The zero-order valence-electron chi connectivity index (χ0n) is 17.1. The number of ether oxygens (including phenoxy) is 2. The molecular weight excluding hydrogens is 370 g/mol. The van der Waals surface area contributed by atoms with Crippen LogP contribution >= 0.6 is 0 Å². The number of hydrogen-bond donors (Lipinski definition) is 2. The number of hydrogen-bond acceptors (Lipinski definition) is 7. The lowest BCUT2D eigenvalue weighted by Gasteiger charge is -2.22. The van der Waals surface area contributed by atoms with E-state index in [2.05, 4.69) is 41.5 Å². The number of carbonyl (C=O) groups is 1. The summed E-state index contributed by atoms with van der Waals surface area (Å²) < 4.78 is 10.8. The normalized spacial score (nSPS) is 15.8. The van der Waals surface area contributed by atoms with Crippen LogP contribution < -0.4 is 20.1 Å². The van der Waals surface area contributed by atoms with Crippen molar-refractivity contribution in [2.24, 2.45) is 5.92 Å². The van der Waals surface area contributed by atoms with Gasteiger partial charge in [0.15, 0.2) is 11.5 Å². The molecule has 3 heterocycles. The standard InChI is InChI=1S/C21H27N5O3/c1-13(11-26(2)3)10-23-20-15-6-7-22-21(27)19(15)24-18(25-20)9-14-4-5-16-17(8-14)29-12-28-16/h4-5,8,13H,6-7,9-12H2,1-3H3,(H,22,27)(H,23,24,25). The van der Waals surface area contributed by atoms with Gasteiger partial charge < -0.3 is 25.0 Å². The summed E-state index contributed by atoms with van der Waals surface area (Å²) in [6.07, 6.45) is 1.24. The smallest absolute Gasteiger partial charge is 0.270 e. The van der Waals surface area contributed by atoms with Gasteiger partial charge in [-0.1, -0.05) is 13.0 Å². The van der Waals surface area contributed by atoms with Crippen molar-refractivity contribution in [2.45, 2.75) is 19.8 Å². The molecule has 2 N–H and O–H groups in total. The first-order valence-corrected chi connectivity index (χ1v) is 9.94. The maximum absolute atomic E-state index is 12.4. The lowest BCUT2D eigenvalue weighted by atomic mass is 10.0. The summed E-state index contributed by atoms with van der Waals surface area (Å²) in [6, 6.07) is 5.81. The highest BCUT2D eigenvalue weighted by Crippen LogP contribution is 2.33.